The van der Waals surface area contributed by atoms with E-state index in [1.165, 1.54) is 0 Å². The minimum absolute atomic E-state index is 0.107. The van der Waals surface area contributed by atoms with Crippen molar-refractivity contribution in [3.8, 4) is 11.5 Å². The number of carbonyl (C=O) groups is 4. The van der Waals surface area contributed by atoms with Gasteiger partial charge in [-0.25, -0.2) is 4.79 Å². The molecule has 0 radical (unpaired) electrons. The van der Waals surface area contributed by atoms with Crippen LogP contribution >= 0.6 is 11.8 Å². The summed E-state index contributed by atoms with van der Waals surface area (Å²) in [6, 6.07) is 8.28. The lowest BCUT2D eigenvalue weighted by Crippen LogP contribution is -2.37. The van der Waals surface area contributed by atoms with Crippen LogP contribution in [0.15, 0.2) is 41.3 Å². The van der Waals surface area contributed by atoms with Gasteiger partial charge in [-0.2, -0.15) is 0 Å². The molecule has 180 valence electrons. The second-order valence-corrected chi connectivity index (χ2v) is 8.21. The average Bonchev–Trinajstić information content (AvgIpc) is 3.42. The van der Waals surface area contributed by atoms with E-state index in [4.69, 9.17) is 9.47 Å². The maximum Gasteiger partial charge on any atom is 0.338 e. The van der Waals surface area contributed by atoms with Gasteiger partial charge in [0.15, 0.2) is 11.5 Å². The summed E-state index contributed by atoms with van der Waals surface area (Å²) in [7, 11) is 1.11. The van der Waals surface area contributed by atoms with Crippen LogP contribution in [0.5, 0.6) is 11.5 Å². The Hall–Kier alpha value is -4.39. The van der Waals surface area contributed by atoms with Crippen LogP contribution in [0.3, 0.4) is 0 Å². The van der Waals surface area contributed by atoms with Gasteiger partial charge in [0.2, 0.25) is 6.79 Å². The van der Waals surface area contributed by atoms with E-state index in [1.54, 1.807) is 24.3 Å². The first-order chi connectivity index (χ1) is 16.8. The third kappa shape index (κ3) is 5.09. The number of benzene rings is 2. The van der Waals surface area contributed by atoms with Gasteiger partial charge in [0.05, 0.1) is 22.5 Å². The third-order valence-electron chi connectivity index (χ3n) is 5.00. The van der Waals surface area contributed by atoms with E-state index < -0.39 is 33.6 Å². The molecule has 1 fully saturated rings. The predicted molar refractivity (Wildman–Crippen MR) is 122 cm³/mol. The molecule has 2 aliphatic heterocycles. The summed E-state index contributed by atoms with van der Waals surface area (Å²) in [5.74, 6) is -0.947. The fourth-order valence-electron chi connectivity index (χ4n) is 3.31. The molecule has 13 heteroatoms. The lowest BCUT2D eigenvalue weighted by Gasteiger charge is -2.13. The number of esters is 1. The summed E-state index contributed by atoms with van der Waals surface area (Å²) < 4.78 is 15.1. The number of rotatable bonds is 7. The Bertz CT molecular complexity index is 1290. The van der Waals surface area contributed by atoms with Gasteiger partial charge in [-0.05, 0) is 41.6 Å². The van der Waals surface area contributed by atoms with Crippen LogP contribution in [0.1, 0.15) is 26.3 Å². The summed E-state index contributed by atoms with van der Waals surface area (Å²) in [5.41, 5.74) is -0.110. The number of non-ortho nitro benzene ring substituents is 1. The van der Waals surface area contributed by atoms with Crippen molar-refractivity contribution in [3.63, 3.8) is 0 Å². The highest BCUT2D eigenvalue weighted by Gasteiger charge is 2.34. The molecule has 3 amide bonds. The van der Waals surface area contributed by atoms with Gasteiger partial charge in [-0.1, -0.05) is 6.07 Å². The first-order valence-corrected chi connectivity index (χ1v) is 10.9. The number of hydrogen-bond acceptors (Lipinski definition) is 10. The molecule has 1 N–H and O–H groups in total. The summed E-state index contributed by atoms with van der Waals surface area (Å²) in [4.78, 5) is 60.9. The number of nitro benzene ring substituents is 1. The molecular weight excluding hydrogens is 482 g/mol. The Morgan fingerprint density at radius 3 is 2.66 bits per heavy atom. The van der Waals surface area contributed by atoms with Crippen LogP contribution in [0, 0.1) is 10.1 Å². The van der Waals surface area contributed by atoms with Crippen molar-refractivity contribution in [2.24, 2.45) is 0 Å². The van der Waals surface area contributed by atoms with E-state index in [-0.39, 0.29) is 35.9 Å². The van der Waals surface area contributed by atoms with Crippen molar-refractivity contribution < 1.29 is 38.3 Å². The standard InChI is InChI=1S/C22H17N3O9S/c1-32-21(28)14-8-13(9-15(10-14)25(30)31)19(26)23-4-5-24-20(27)18(35-22(24)29)7-12-2-3-16-17(6-12)34-11-33-16/h2-3,6-10H,4-5,11H2,1H3,(H,23,26)/b18-7-. The smallest absolute Gasteiger partial charge is 0.338 e. The van der Waals surface area contributed by atoms with Gasteiger partial charge in [-0.15, -0.1) is 0 Å². The van der Waals surface area contributed by atoms with E-state index in [1.807, 2.05) is 0 Å². The summed E-state index contributed by atoms with van der Waals surface area (Å²) in [6.07, 6.45) is 1.56. The van der Waals surface area contributed by atoms with Crippen molar-refractivity contribution in [2.45, 2.75) is 0 Å². The Morgan fingerprint density at radius 1 is 1.17 bits per heavy atom. The van der Waals surface area contributed by atoms with Crippen LogP contribution < -0.4 is 14.8 Å². The van der Waals surface area contributed by atoms with Gasteiger partial charge in [0.25, 0.3) is 22.7 Å². The number of methoxy groups -OCH3 is 1. The SMILES string of the molecule is COC(=O)c1cc(C(=O)NCCN2C(=O)S/C(=C\c3ccc4c(c3)OCO4)C2=O)cc([N+](=O)[O-])c1. The first kappa shape index (κ1) is 23.8. The molecule has 2 aliphatic rings. The number of amides is 3. The highest BCUT2D eigenvalue weighted by atomic mass is 32.2. The largest absolute Gasteiger partial charge is 0.465 e. The van der Waals surface area contributed by atoms with Crippen LogP contribution in [0.25, 0.3) is 6.08 Å². The topological polar surface area (TPSA) is 154 Å². The second-order valence-electron chi connectivity index (χ2n) is 7.22. The minimum atomic E-state index is -0.838. The number of carbonyl (C=O) groups excluding carboxylic acids is 4. The number of ether oxygens (including phenoxy) is 3. The lowest BCUT2D eigenvalue weighted by molar-refractivity contribution is -0.384. The summed E-state index contributed by atoms with van der Waals surface area (Å²) in [6.45, 7) is -0.112. The van der Waals surface area contributed by atoms with Crippen LogP contribution in [0.2, 0.25) is 0 Å². The Balaban J connectivity index is 1.40. The molecule has 0 saturated carbocycles. The maximum atomic E-state index is 12.7. The Labute approximate surface area is 202 Å². The molecule has 0 bridgehead atoms. The van der Waals surface area contributed by atoms with Gasteiger partial charge in [0.1, 0.15) is 0 Å². The van der Waals surface area contributed by atoms with E-state index in [0.717, 1.165) is 42.0 Å². The van der Waals surface area contributed by atoms with Crippen LogP contribution in [-0.4, -0.2) is 59.8 Å². The van der Waals surface area contributed by atoms with E-state index >= 15 is 0 Å². The molecule has 0 aromatic heterocycles. The molecule has 0 spiro atoms. The normalized spacial score (nSPS) is 15.5. The fraction of sp³-hybridized carbons (Fsp3) is 0.182. The zero-order valence-corrected chi connectivity index (χ0v) is 19.0. The van der Waals surface area contributed by atoms with Crippen molar-refractivity contribution in [2.75, 3.05) is 27.0 Å². The monoisotopic (exact) mass is 499 g/mol. The van der Waals surface area contributed by atoms with Gasteiger partial charge >= 0.3 is 5.97 Å². The number of thioether (sulfide) groups is 1. The molecule has 2 aromatic rings. The molecule has 4 rings (SSSR count). The van der Waals surface area contributed by atoms with E-state index in [0.29, 0.717) is 17.1 Å². The molecule has 0 atom stereocenters. The van der Waals surface area contributed by atoms with Crippen LogP contribution in [-0.2, 0) is 9.53 Å². The van der Waals surface area contributed by atoms with Gasteiger partial charge in [0, 0.05) is 30.8 Å². The van der Waals surface area contributed by atoms with Crippen molar-refractivity contribution >= 4 is 46.5 Å². The van der Waals surface area contributed by atoms with Crippen molar-refractivity contribution in [1.82, 2.24) is 10.2 Å². The molecule has 2 aromatic carbocycles. The van der Waals surface area contributed by atoms with Gasteiger partial charge < -0.3 is 19.5 Å². The number of fused-ring (bicyclic) bond motifs is 1. The number of hydrogen-bond donors (Lipinski definition) is 1. The average molecular weight is 499 g/mol. The van der Waals surface area contributed by atoms with Crippen molar-refractivity contribution in [1.29, 1.82) is 0 Å². The lowest BCUT2D eigenvalue weighted by atomic mass is 10.1. The van der Waals surface area contributed by atoms with Crippen LogP contribution in [0.4, 0.5) is 10.5 Å². The van der Waals surface area contributed by atoms with E-state index in [2.05, 4.69) is 10.1 Å². The number of nitro groups is 1. The first-order valence-electron chi connectivity index (χ1n) is 10.1. The minimum Gasteiger partial charge on any atom is -0.465 e. The quantitative estimate of drug-likeness (QED) is 0.260. The number of imide groups is 1. The number of nitrogens with zero attached hydrogens (tertiary/aromatic N) is 2. The molecule has 12 nitrogen and oxygen atoms in total. The molecule has 1 saturated heterocycles. The van der Waals surface area contributed by atoms with Crippen molar-refractivity contribution in [3.05, 3.63) is 68.1 Å². The zero-order valence-electron chi connectivity index (χ0n) is 18.1. The summed E-state index contributed by atoms with van der Waals surface area (Å²) in [5, 5.41) is 13.1. The van der Waals surface area contributed by atoms with E-state index in [9.17, 15) is 29.3 Å². The molecular formula is C22H17N3O9S. The Kier molecular flexibility index (Phi) is 6.68. The summed E-state index contributed by atoms with van der Waals surface area (Å²) >= 11 is 0.765. The number of nitrogens with one attached hydrogen (secondary N) is 1. The molecule has 35 heavy (non-hydrogen) atoms. The maximum absolute atomic E-state index is 12.7. The molecule has 0 unspecified atom stereocenters. The fourth-order valence-corrected chi connectivity index (χ4v) is 4.18. The third-order valence-corrected chi connectivity index (χ3v) is 5.91. The highest BCUT2D eigenvalue weighted by Crippen LogP contribution is 2.36. The highest BCUT2D eigenvalue weighted by molar-refractivity contribution is 8.18. The molecule has 0 aliphatic carbocycles. The molecule has 2 heterocycles. The Morgan fingerprint density at radius 2 is 1.91 bits per heavy atom. The predicted octanol–water partition coefficient (Wildman–Crippen LogP) is 2.58. The second kappa shape index (κ2) is 9.85. The zero-order chi connectivity index (χ0) is 25.1. The van der Waals surface area contributed by atoms with Gasteiger partial charge in [-0.3, -0.25) is 29.4 Å².